The van der Waals surface area contributed by atoms with E-state index in [0.29, 0.717) is 52.7 Å². The number of hydrogen-bond donors (Lipinski definition) is 0. The zero-order chi connectivity index (χ0) is 17.0. The first-order valence-electron chi connectivity index (χ1n) is 8.36. The Morgan fingerprint density at radius 1 is 0.750 bits per heavy atom. The average Bonchev–Trinajstić information content (AvgIpc) is 2.62. The van der Waals surface area contributed by atoms with E-state index < -0.39 is 11.9 Å². The quantitative estimate of drug-likeness (QED) is 0.423. The van der Waals surface area contributed by atoms with Crippen LogP contribution in [0.4, 0.5) is 0 Å². The standard InChI is InChI=1S/C16H26N2O6/c19-15(23-13-7-17-3-9-21-10-4-17)1-2-16(20)24-14-8-18-5-11-22-12-6-18/h1-2H,3-14H2. The molecule has 8 nitrogen and oxygen atoms in total. The number of carbonyl (C=O) groups excluding carboxylic acids is 2. The molecule has 0 aromatic carbocycles. The van der Waals surface area contributed by atoms with Crippen molar-refractivity contribution in [2.24, 2.45) is 0 Å². The highest BCUT2D eigenvalue weighted by Crippen LogP contribution is 1.97. The SMILES string of the molecule is O=C(C=CC(=O)OCCN1CCOCC1)OCCN1CCOCC1. The number of rotatable bonds is 8. The fourth-order valence-electron chi connectivity index (χ4n) is 2.43. The number of ether oxygens (including phenoxy) is 4. The van der Waals surface area contributed by atoms with Gasteiger partial charge in [-0.25, -0.2) is 9.59 Å². The molecule has 0 N–H and O–H groups in total. The Balaban J connectivity index is 1.50. The summed E-state index contributed by atoms with van der Waals surface area (Å²) in [6.07, 6.45) is 2.22. The Labute approximate surface area is 142 Å². The Bertz CT molecular complexity index is 379. The van der Waals surface area contributed by atoms with Crippen molar-refractivity contribution in [3.8, 4) is 0 Å². The minimum Gasteiger partial charge on any atom is -0.461 e. The highest BCUT2D eigenvalue weighted by Gasteiger charge is 2.11. The molecule has 0 saturated carbocycles. The fourth-order valence-corrected chi connectivity index (χ4v) is 2.43. The van der Waals surface area contributed by atoms with Crippen LogP contribution >= 0.6 is 0 Å². The minimum absolute atomic E-state index is 0.301. The number of nitrogens with zero attached hydrogens (tertiary/aromatic N) is 2. The highest BCUT2D eigenvalue weighted by molar-refractivity contribution is 5.91. The Hall–Kier alpha value is -1.48. The molecule has 0 unspecified atom stereocenters. The van der Waals surface area contributed by atoms with Gasteiger partial charge in [0.05, 0.1) is 26.4 Å². The number of morpholine rings is 2. The van der Waals surface area contributed by atoms with Crippen LogP contribution in [0.1, 0.15) is 0 Å². The van der Waals surface area contributed by atoms with Crippen LogP contribution in [0, 0.1) is 0 Å². The van der Waals surface area contributed by atoms with Gasteiger partial charge in [0.2, 0.25) is 0 Å². The Morgan fingerprint density at radius 2 is 1.12 bits per heavy atom. The maximum atomic E-state index is 11.5. The predicted octanol–water partition coefficient (Wildman–Crippen LogP) is -0.707. The lowest BCUT2D eigenvalue weighted by atomic mass is 10.4. The second-order valence-electron chi connectivity index (χ2n) is 5.58. The molecule has 0 aromatic rings. The van der Waals surface area contributed by atoms with Crippen molar-refractivity contribution in [3.63, 3.8) is 0 Å². The molecule has 2 aliphatic rings. The normalized spacial score (nSPS) is 20.2. The molecule has 0 radical (unpaired) electrons. The summed E-state index contributed by atoms with van der Waals surface area (Å²) in [5.41, 5.74) is 0. The van der Waals surface area contributed by atoms with E-state index in [9.17, 15) is 9.59 Å². The topological polar surface area (TPSA) is 77.5 Å². The summed E-state index contributed by atoms with van der Waals surface area (Å²) in [5.74, 6) is -1.07. The molecule has 0 amide bonds. The second kappa shape index (κ2) is 11.1. The van der Waals surface area contributed by atoms with Crippen molar-refractivity contribution < 1.29 is 28.5 Å². The van der Waals surface area contributed by atoms with Gasteiger partial charge in [0.15, 0.2) is 0 Å². The van der Waals surface area contributed by atoms with E-state index in [1.54, 1.807) is 0 Å². The van der Waals surface area contributed by atoms with Gasteiger partial charge in [-0.15, -0.1) is 0 Å². The van der Waals surface area contributed by atoms with Crippen molar-refractivity contribution in [2.75, 3.05) is 78.9 Å². The van der Waals surface area contributed by atoms with Crippen LogP contribution in [0.2, 0.25) is 0 Å². The van der Waals surface area contributed by atoms with Crippen molar-refractivity contribution >= 4 is 11.9 Å². The first kappa shape index (κ1) is 18.9. The van der Waals surface area contributed by atoms with Crippen molar-refractivity contribution in [3.05, 3.63) is 12.2 Å². The first-order valence-corrected chi connectivity index (χ1v) is 8.36. The monoisotopic (exact) mass is 342 g/mol. The Morgan fingerprint density at radius 3 is 1.50 bits per heavy atom. The van der Waals surface area contributed by atoms with Crippen molar-refractivity contribution in [2.45, 2.75) is 0 Å². The molecule has 24 heavy (non-hydrogen) atoms. The third kappa shape index (κ3) is 7.87. The average molecular weight is 342 g/mol. The molecule has 0 atom stereocenters. The molecule has 0 bridgehead atoms. The Kier molecular flexibility index (Phi) is 8.75. The van der Waals surface area contributed by atoms with Crippen LogP contribution in [0.25, 0.3) is 0 Å². The van der Waals surface area contributed by atoms with Gasteiger partial charge in [-0.3, -0.25) is 9.80 Å². The van der Waals surface area contributed by atoms with Gasteiger partial charge in [0, 0.05) is 51.4 Å². The lowest BCUT2D eigenvalue weighted by Gasteiger charge is -2.26. The van der Waals surface area contributed by atoms with E-state index in [0.717, 1.165) is 38.3 Å². The van der Waals surface area contributed by atoms with Gasteiger partial charge in [0.1, 0.15) is 13.2 Å². The summed E-state index contributed by atoms with van der Waals surface area (Å²) < 4.78 is 20.6. The van der Waals surface area contributed by atoms with Gasteiger partial charge in [0.25, 0.3) is 0 Å². The van der Waals surface area contributed by atoms with Gasteiger partial charge in [-0.2, -0.15) is 0 Å². The van der Waals surface area contributed by atoms with E-state index in [-0.39, 0.29) is 0 Å². The summed E-state index contributed by atoms with van der Waals surface area (Å²) in [5, 5.41) is 0. The molecule has 2 rings (SSSR count). The second-order valence-corrected chi connectivity index (χ2v) is 5.58. The van der Waals surface area contributed by atoms with E-state index in [2.05, 4.69) is 9.80 Å². The molecule has 0 spiro atoms. The van der Waals surface area contributed by atoms with Crippen LogP contribution in [0.15, 0.2) is 12.2 Å². The van der Waals surface area contributed by atoms with Crippen molar-refractivity contribution in [1.29, 1.82) is 0 Å². The molecule has 2 fully saturated rings. The molecule has 0 aromatic heterocycles. The molecule has 0 aliphatic carbocycles. The molecule has 136 valence electrons. The molecule has 8 heteroatoms. The number of esters is 2. The third-order valence-electron chi connectivity index (χ3n) is 3.87. The molecule has 2 aliphatic heterocycles. The van der Waals surface area contributed by atoms with E-state index >= 15 is 0 Å². The van der Waals surface area contributed by atoms with Crippen LogP contribution in [0.5, 0.6) is 0 Å². The zero-order valence-corrected chi connectivity index (χ0v) is 14.0. The van der Waals surface area contributed by atoms with Crippen LogP contribution in [0.3, 0.4) is 0 Å². The third-order valence-corrected chi connectivity index (χ3v) is 3.87. The minimum atomic E-state index is -0.534. The zero-order valence-electron chi connectivity index (χ0n) is 14.0. The number of hydrogen-bond acceptors (Lipinski definition) is 8. The van der Waals surface area contributed by atoms with E-state index in [4.69, 9.17) is 18.9 Å². The fraction of sp³-hybridized carbons (Fsp3) is 0.750. The maximum absolute atomic E-state index is 11.5. The maximum Gasteiger partial charge on any atom is 0.331 e. The molecule has 2 heterocycles. The lowest BCUT2D eigenvalue weighted by molar-refractivity contribution is -0.141. The van der Waals surface area contributed by atoms with Crippen molar-refractivity contribution in [1.82, 2.24) is 9.80 Å². The van der Waals surface area contributed by atoms with Crippen LogP contribution in [-0.2, 0) is 28.5 Å². The highest BCUT2D eigenvalue weighted by atomic mass is 16.5. The summed E-state index contributed by atoms with van der Waals surface area (Å²) in [4.78, 5) is 27.4. The molecule has 2 saturated heterocycles. The largest absolute Gasteiger partial charge is 0.461 e. The smallest absolute Gasteiger partial charge is 0.331 e. The van der Waals surface area contributed by atoms with E-state index in [1.165, 1.54) is 0 Å². The van der Waals surface area contributed by atoms with Gasteiger partial charge in [-0.05, 0) is 0 Å². The van der Waals surface area contributed by atoms with E-state index in [1.807, 2.05) is 0 Å². The first-order chi connectivity index (χ1) is 11.7. The summed E-state index contributed by atoms with van der Waals surface area (Å²) in [6.45, 7) is 8.20. The molecular weight excluding hydrogens is 316 g/mol. The lowest BCUT2D eigenvalue weighted by Crippen LogP contribution is -2.38. The summed E-state index contributed by atoms with van der Waals surface area (Å²) in [7, 11) is 0. The number of carbonyl (C=O) groups is 2. The van der Waals surface area contributed by atoms with Gasteiger partial charge < -0.3 is 18.9 Å². The molecular formula is C16H26N2O6. The van der Waals surface area contributed by atoms with Crippen LogP contribution in [-0.4, -0.2) is 101 Å². The summed E-state index contributed by atoms with van der Waals surface area (Å²) >= 11 is 0. The van der Waals surface area contributed by atoms with Crippen LogP contribution < -0.4 is 0 Å². The summed E-state index contributed by atoms with van der Waals surface area (Å²) in [6, 6.07) is 0. The van der Waals surface area contributed by atoms with Gasteiger partial charge >= 0.3 is 11.9 Å². The predicted molar refractivity (Wildman–Crippen MR) is 85.6 cm³/mol. The van der Waals surface area contributed by atoms with Gasteiger partial charge in [-0.1, -0.05) is 0 Å².